The fourth-order valence-corrected chi connectivity index (χ4v) is 4.31. The Balaban J connectivity index is 1.71. The number of carbonyl (C=O) groups is 1. The van der Waals surface area contributed by atoms with Gasteiger partial charge in [-0.1, -0.05) is 39.8 Å². The molecule has 2 aromatic heterocycles. The number of anilines is 1. The predicted octanol–water partition coefficient (Wildman–Crippen LogP) is 4.79. The van der Waals surface area contributed by atoms with Gasteiger partial charge in [0.25, 0.3) is 0 Å². The number of halogens is 1. The third-order valence-corrected chi connectivity index (χ3v) is 5.89. The van der Waals surface area contributed by atoms with E-state index in [2.05, 4.69) is 20.9 Å². The number of carbonyl (C=O) groups excluding carboxylic acids is 1. The molecule has 4 rings (SSSR count). The van der Waals surface area contributed by atoms with Gasteiger partial charge in [0.1, 0.15) is 0 Å². The second-order valence-electron chi connectivity index (χ2n) is 6.02. The lowest BCUT2D eigenvalue weighted by Crippen LogP contribution is -2.38. The summed E-state index contributed by atoms with van der Waals surface area (Å²) in [4.78, 5) is 23.6. The summed E-state index contributed by atoms with van der Waals surface area (Å²) >= 11 is 5.06. The Morgan fingerprint density at radius 1 is 1.33 bits per heavy atom. The molecule has 1 aromatic carbocycles. The predicted molar refractivity (Wildman–Crippen MR) is 100 cm³/mol. The van der Waals surface area contributed by atoms with Crippen molar-refractivity contribution in [3.63, 3.8) is 0 Å². The third-order valence-electron chi connectivity index (χ3n) is 4.35. The van der Waals surface area contributed by atoms with Crippen molar-refractivity contribution in [1.29, 1.82) is 0 Å². The number of nitrogens with zero attached hydrogens (tertiary/aromatic N) is 3. The SMILES string of the molecule is O=C(C1CCC1)N(Cc1cccnc1)c1nc2ccc(Br)cc2s1. The van der Waals surface area contributed by atoms with Crippen molar-refractivity contribution in [2.75, 3.05) is 4.90 Å². The summed E-state index contributed by atoms with van der Waals surface area (Å²) in [6.07, 6.45) is 6.67. The minimum absolute atomic E-state index is 0.139. The van der Waals surface area contributed by atoms with Gasteiger partial charge in [-0.2, -0.15) is 0 Å². The summed E-state index contributed by atoms with van der Waals surface area (Å²) in [5, 5.41) is 0.767. The van der Waals surface area contributed by atoms with Crippen LogP contribution >= 0.6 is 27.3 Å². The first kappa shape index (κ1) is 15.7. The maximum absolute atomic E-state index is 12.9. The molecule has 0 aliphatic heterocycles. The van der Waals surface area contributed by atoms with Crippen molar-refractivity contribution in [1.82, 2.24) is 9.97 Å². The Labute approximate surface area is 152 Å². The number of fused-ring (bicyclic) bond motifs is 1. The average Bonchev–Trinajstić information content (AvgIpc) is 2.94. The van der Waals surface area contributed by atoms with Gasteiger partial charge in [0, 0.05) is 22.8 Å². The number of hydrogen-bond donors (Lipinski definition) is 0. The van der Waals surface area contributed by atoms with E-state index >= 15 is 0 Å². The fraction of sp³-hybridized carbons (Fsp3) is 0.278. The maximum Gasteiger partial charge on any atom is 0.232 e. The van der Waals surface area contributed by atoms with Gasteiger partial charge in [-0.05, 0) is 42.7 Å². The van der Waals surface area contributed by atoms with Crippen molar-refractivity contribution in [3.05, 3.63) is 52.8 Å². The highest BCUT2D eigenvalue weighted by Crippen LogP contribution is 2.35. The van der Waals surface area contributed by atoms with Crippen molar-refractivity contribution in [2.45, 2.75) is 25.8 Å². The van der Waals surface area contributed by atoms with Crippen LogP contribution < -0.4 is 4.90 Å². The van der Waals surface area contributed by atoms with Gasteiger partial charge in [0.2, 0.25) is 5.91 Å². The van der Waals surface area contributed by atoms with Crippen LogP contribution in [0.5, 0.6) is 0 Å². The second kappa shape index (κ2) is 6.61. The first-order chi connectivity index (χ1) is 11.7. The van der Waals surface area contributed by atoms with Crippen molar-refractivity contribution in [3.8, 4) is 0 Å². The molecular weight excluding hydrogens is 386 g/mol. The van der Waals surface area contributed by atoms with E-state index < -0.39 is 0 Å². The van der Waals surface area contributed by atoms with E-state index in [9.17, 15) is 4.79 Å². The average molecular weight is 402 g/mol. The molecule has 3 aromatic rings. The highest BCUT2D eigenvalue weighted by atomic mass is 79.9. The first-order valence-electron chi connectivity index (χ1n) is 7.97. The van der Waals surface area contributed by atoms with Crippen LogP contribution in [-0.4, -0.2) is 15.9 Å². The Kier molecular flexibility index (Phi) is 4.33. The van der Waals surface area contributed by atoms with Gasteiger partial charge < -0.3 is 0 Å². The van der Waals surface area contributed by atoms with Crippen LogP contribution in [0.2, 0.25) is 0 Å². The molecule has 0 spiro atoms. The lowest BCUT2D eigenvalue weighted by molar-refractivity contribution is -0.124. The molecule has 2 heterocycles. The molecule has 1 aliphatic carbocycles. The van der Waals surface area contributed by atoms with Crippen molar-refractivity contribution < 1.29 is 4.79 Å². The normalized spacial score (nSPS) is 14.5. The Morgan fingerprint density at radius 3 is 2.92 bits per heavy atom. The fourth-order valence-electron chi connectivity index (χ4n) is 2.79. The molecule has 0 bridgehead atoms. The summed E-state index contributed by atoms with van der Waals surface area (Å²) in [7, 11) is 0. The highest BCUT2D eigenvalue weighted by molar-refractivity contribution is 9.10. The molecule has 1 fully saturated rings. The van der Waals surface area contributed by atoms with Gasteiger partial charge in [-0.15, -0.1) is 0 Å². The van der Waals surface area contributed by atoms with Gasteiger partial charge in [-0.3, -0.25) is 14.7 Å². The Bertz CT molecular complexity index is 876. The minimum Gasteiger partial charge on any atom is -0.283 e. The summed E-state index contributed by atoms with van der Waals surface area (Å²) in [5.74, 6) is 0.323. The quantitative estimate of drug-likeness (QED) is 0.631. The van der Waals surface area contributed by atoms with Gasteiger partial charge in [0.15, 0.2) is 5.13 Å². The molecule has 122 valence electrons. The molecule has 4 nitrogen and oxygen atoms in total. The molecule has 24 heavy (non-hydrogen) atoms. The van der Waals surface area contributed by atoms with Crippen LogP contribution in [-0.2, 0) is 11.3 Å². The summed E-state index contributed by atoms with van der Waals surface area (Å²) in [6, 6.07) is 9.90. The molecule has 1 saturated carbocycles. The molecule has 0 N–H and O–H groups in total. The molecule has 0 unspecified atom stereocenters. The number of pyridine rings is 1. The smallest absolute Gasteiger partial charge is 0.232 e. The number of benzene rings is 1. The standard InChI is InChI=1S/C18H16BrN3OS/c19-14-6-7-15-16(9-14)24-18(21-15)22(17(23)13-4-1-5-13)11-12-3-2-8-20-10-12/h2-3,6-10,13H,1,4-5,11H2. The minimum atomic E-state index is 0.139. The van der Waals surface area contributed by atoms with Crippen LogP contribution in [0.3, 0.4) is 0 Å². The van der Waals surface area contributed by atoms with Gasteiger partial charge >= 0.3 is 0 Å². The number of aromatic nitrogens is 2. The van der Waals surface area contributed by atoms with Crippen LogP contribution in [0, 0.1) is 5.92 Å². The number of rotatable bonds is 4. The van der Waals surface area contributed by atoms with Crippen molar-refractivity contribution in [2.24, 2.45) is 5.92 Å². The molecular formula is C18H16BrN3OS. The molecule has 1 aliphatic rings. The molecule has 0 saturated heterocycles. The van der Waals surface area contributed by atoms with Gasteiger partial charge in [-0.25, -0.2) is 4.98 Å². The number of amides is 1. The summed E-state index contributed by atoms with van der Waals surface area (Å²) in [6.45, 7) is 0.518. The molecule has 6 heteroatoms. The van der Waals surface area contributed by atoms with E-state index in [4.69, 9.17) is 4.98 Å². The van der Waals surface area contributed by atoms with E-state index in [1.807, 2.05) is 41.4 Å². The number of thiazole rings is 1. The number of hydrogen-bond acceptors (Lipinski definition) is 4. The zero-order valence-electron chi connectivity index (χ0n) is 13.0. The largest absolute Gasteiger partial charge is 0.283 e. The maximum atomic E-state index is 12.9. The molecule has 0 atom stereocenters. The van der Waals surface area contributed by atoms with Crippen LogP contribution in [0.25, 0.3) is 10.2 Å². The molecule has 0 radical (unpaired) electrons. The Hall–Kier alpha value is -1.79. The highest BCUT2D eigenvalue weighted by Gasteiger charge is 2.31. The van der Waals surface area contributed by atoms with Gasteiger partial charge in [0.05, 0.1) is 16.8 Å². The topological polar surface area (TPSA) is 46.1 Å². The van der Waals surface area contributed by atoms with E-state index in [0.29, 0.717) is 6.54 Å². The van der Waals surface area contributed by atoms with E-state index in [-0.39, 0.29) is 11.8 Å². The van der Waals surface area contributed by atoms with Crippen LogP contribution in [0.4, 0.5) is 5.13 Å². The van der Waals surface area contributed by atoms with E-state index in [1.165, 1.54) is 0 Å². The van der Waals surface area contributed by atoms with E-state index in [0.717, 1.165) is 44.6 Å². The second-order valence-corrected chi connectivity index (χ2v) is 7.95. The Morgan fingerprint density at radius 2 is 2.21 bits per heavy atom. The van der Waals surface area contributed by atoms with Crippen molar-refractivity contribution >= 4 is 48.5 Å². The summed E-state index contributed by atoms with van der Waals surface area (Å²) < 4.78 is 2.10. The first-order valence-corrected chi connectivity index (χ1v) is 9.58. The molecule has 1 amide bonds. The lowest BCUT2D eigenvalue weighted by Gasteiger charge is -2.30. The van der Waals surface area contributed by atoms with Crippen LogP contribution in [0.1, 0.15) is 24.8 Å². The lowest BCUT2D eigenvalue weighted by atomic mass is 9.84. The van der Waals surface area contributed by atoms with E-state index in [1.54, 1.807) is 17.5 Å². The van der Waals surface area contributed by atoms with Crippen LogP contribution in [0.15, 0.2) is 47.2 Å². The monoisotopic (exact) mass is 401 g/mol. The third kappa shape index (κ3) is 3.08. The zero-order valence-corrected chi connectivity index (χ0v) is 15.4. The zero-order chi connectivity index (χ0) is 16.5. The summed E-state index contributed by atoms with van der Waals surface area (Å²) in [5.41, 5.74) is 1.95.